The van der Waals surface area contributed by atoms with E-state index in [0.29, 0.717) is 12.0 Å². The van der Waals surface area contributed by atoms with Crippen LogP contribution in [0.4, 0.5) is 10.2 Å². The Hall–Kier alpha value is -2.93. The highest BCUT2D eigenvalue weighted by molar-refractivity contribution is 5.96. The number of nitrogens with zero attached hydrogens (tertiary/aromatic N) is 4. The molecule has 0 spiro atoms. The molecule has 4 rings (SSSR count). The molecule has 1 saturated heterocycles. The number of ether oxygens (including phenoxy) is 1. The number of ketones is 1. The molecule has 6 nitrogen and oxygen atoms in total. The number of hydrogen-bond acceptors (Lipinski definition) is 5. The van der Waals surface area contributed by atoms with Crippen molar-refractivity contribution in [3.63, 3.8) is 0 Å². The number of methoxy groups -OCH3 is 1. The van der Waals surface area contributed by atoms with Crippen molar-refractivity contribution >= 4 is 22.5 Å². The van der Waals surface area contributed by atoms with Gasteiger partial charge in [0.25, 0.3) is 0 Å². The zero-order chi connectivity index (χ0) is 21.1. The van der Waals surface area contributed by atoms with Crippen LogP contribution in [0, 0.1) is 5.82 Å². The molecule has 0 bridgehead atoms. The summed E-state index contributed by atoms with van der Waals surface area (Å²) in [6.45, 7) is 4.59. The Labute approximate surface area is 175 Å². The Kier molecular flexibility index (Phi) is 5.99. The van der Waals surface area contributed by atoms with Crippen molar-refractivity contribution in [2.45, 2.75) is 12.8 Å². The van der Waals surface area contributed by atoms with E-state index in [0.717, 1.165) is 61.6 Å². The second-order valence-electron chi connectivity index (χ2n) is 7.69. The first-order valence-corrected chi connectivity index (χ1v) is 10.3. The van der Waals surface area contributed by atoms with Gasteiger partial charge in [0.1, 0.15) is 11.6 Å². The predicted molar refractivity (Wildman–Crippen MR) is 116 cm³/mol. The minimum Gasteiger partial charge on any atom is -0.497 e. The van der Waals surface area contributed by atoms with Crippen LogP contribution in [-0.2, 0) is 7.05 Å². The Morgan fingerprint density at radius 2 is 1.83 bits per heavy atom. The minimum atomic E-state index is -0.316. The van der Waals surface area contributed by atoms with Crippen LogP contribution >= 0.6 is 0 Å². The lowest BCUT2D eigenvalue weighted by atomic mass is 10.1. The fourth-order valence-corrected chi connectivity index (χ4v) is 4.01. The number of hydrogen-bond donors (Lipinski definition) is 0. The lowest BCUT2D eigenvalue weighted by Gasteiger charge is -2.35. The van der Waals surface area contributed by atoms with Gasteiger partial charge in [0.2, 0.25) is 0 Å². The van der Waals surface area contributed by atoms with E-state index in [9.17, 15) is 9.18 Å². The van der Waals surface area contributed by atoms with E-state index >= 15 is 0 Å². The molecule has 0 aliphatic carbocycles. The van der Waals surface area contributed by atoms with Gasteiger partial charge in [-0.25, -0.2) is 4.39 Å². The maximum atomic E-state index is 13.0. The zero-order valence-electron chi connectivity index (χ0n) is 17.5. The molecular formula is C23H27FN4O2. The lowest BCUT2D eigenvalue weighted by molar-refractivity contribution is 0.0974. The Morgan fingerprint density at radius 3 is 2.53 bits per heavy atom. The molecule has 1 fully saturated rings. The number of Topliss-reactive ketones (excluding diaryl/α,β-unsaturated/α-hetero) is 1. The van der Waals surface area contributed by atoms with Gasteiger partial charge in [-0.3, -0.25) is 14.4 Å². The number of aryl methyl sites for hydroxylation is 1. The number of benzene rings is 2. The topological polar surface area (TPSA) is 50.6 Å². The van der Waals surface area contributed by atoms with E-state index in [4.69, 9.17) is 9.84 Å². The number of piperazine rings is 1. The van der Waals surface area contributed by atoms with Crippen LogP contribution in [-0.4, -0.2) is 60.3 Å². The quantitative estimate of drug-likeness (QED) is 0.558. The minimum absolute atomic E-state index is 0.0732. The van der Waals surface area contributed by atoms with Crippen molar-refractivity contribution in [3.05, 3.63) is 53.8 Å². The maximum Gasteiger partial charge on any atom is 0.162 e. The van der Waals surface area contributed by atoms with E-state index in [1.165, 1.54) is 12.1 Å². The summed E-state index contributed by atoms with van der Waals surface area (Å²) >= 11 is 0. The summed E-state index contributed by atoms with van der Waals surface area (Å²) in [5, 5.41) is 5.87. The third kappa shape index (κ3) is 4.31. The first-order valence-electron chi connectivity index (χ1n) is 10.3. The van der Waals surface area contributed by atoms with Crippen molar-refractivity contribution in [3.8, 4) is 5.75 Å². The molecule has 158 valence electrons. The Morgan fingerprint density at radius 1 is 1.10 bits per heavy atom. The molecule has 3 aromatic rings. The van der Waals surface area contributed by atoms with E-state index < -0.39 is 0 Å². The number of halogens is 1. The van der Waals surface area contributed by atoms with Crippen molar-refractivity contribution in [2.24, 2.45) is 7.05 Å². The molecule has 0 atom stereocenters. The van der Waals surface area contributed by atoms with Crippen LogP contribution in [0.5, 0.6) is 5.75 Å². The third-order valence-electron chi connectivity index (χ3n) is 5.76. The van der Waals surface area contributed by atoms with E-state index in [1.54, 1.807) is 19.2 Å². The van der Waals surface area contributed by atoms with Crippen LogP contribution < -0.4 is 9.64 Å². The van der Waals surface area contributed by atoms with E-state index in [1.807, 2.05) is 23.9 Å². The van der Waals surface area contributed by atoms with Crippen LogP contribution in [0.2, 0.25) is 0 Å². The summed E-state index contributed by atoms with van der Waals surface area (Å²) in [5.74, 6) is 1.60. The van der Waals surface area contributed by atoms with Gasteiger partial charge >= 0.3 is 0 Å². The normalized spacial score (nSPS) is 15.0. The highest BCUT2D eigenvalue weighted by Gasteiger charge is 2.21. The maximum absolute atomic E-state index is 13.0. The molecule has 1 aliphatic heterocycles. The number of carbonyl (C=O) groups excluding carboxylic acids is 1. The predicted octanol–water partition coefficient (Wildman–Crippen LogP) is 3.51. The van der Waals surface area contributed by atoms with Crippen LogP contribution in [0.15, 0.2) is 42.5 Å². The number of anilines is 1. The van der Waals surface area contributed by atoms with Gasteiger partial charge in [0, 0.05) is 56.7 Å². The van der Waals surface area contributed by atoms with Gasteiger partial charge in [0.05, 0.1) is 12.6 Å². The first-order chi connectivity index (χ1) is 14.5. The summed E-state index contributed by atoms with van der Waals surface area (Å²) in [4.78, 5) is 17.0. The smallest absolute Gasteiger partial charge is 0.162 e. The fraction of sp³-hybridized carbons (Fsp3) is 0.391. The third-order valence-corrected chi connectivity index (χ3v) is 5.76. The second kappa shape index (κ2) is 8.83. The van der Waals surface area contributed by atoms with Gasteiger partial charge in [-0.15, -0.1) is 0 Å². The van der Waals surface area contributed by atoms with Gasteiger partial charge in [-0.1, -0.05) is 0 Å². The Bertz CT molecular complexity index is 1020. The molecule has 7 heteroatoms. The molecule has 2 aromatic carbocycles. The van der Waals surface area contributed by atoms with Gasteiger partial charge in [0.15, 0.2) is 11.6 Å². The van der Waals surface area contributed by atoms with Crippen LogP contribution in [0.25, 0.3) is 10.9 Å². The molecular weight excluding hydrogens is 383 g/mol. The SMILES string of the molecule is COc1ccc2c(N3CCN(CCCC(=O)c4ccc(F)cc4)CC3)nn(C)c2c1. The lowest BCUT2D eigenvalue weighted by Crippen LogP contribution is -2.46. The standard InChI is InChI=1S/C23H27FN4O2/c1-26-21-16-19(30-2)9-10-20(21)23(25-26)28-14-12-27(13-15-28)11-3-4-22(29)17-5-7-18(24)8-6-17/h5-10,16H,3-4,11-15H2,1-2H3. The monoisotopic (exact) mass is 410 g/mol. The largest absolute Gasteiger partial charge is 0.497 e. The van der Waals surface area contributed by atoms with E-state index in [-0.39, 0.29) is 11.6 Å². The number of rotatable bonds is 7. The highest BCUT2D eigenvalue weighted by atomic mass is 19.1. The summed E-state index contributed by atoms with van der Waals surface area (Å²) in [6, 6.07) is 11.9. The first kappa shape index (κ1) is 20.3. The summed E-state index contributed by atoms with van der Waals surface area (Å²) in [5.41, 5.74) is 1.64. The van der Waals surface area contributed by atoms with Crippen molar-refractivity contribution in [1.29, 1.82) is 0 Å². The number of fused-ring (bicyclic) bond motifs is 1. The molecule has 0 amide bonds. The number of carbonyl (C=O) groups is 1. The summed E-state index contributed by atoms with van der Waals surface area (Å²) in [7, 11) is 3.63. The second-order valence-corrected chi connectivity index (χ2v) is 7.69. The molecule has 0 radical (unpaired) electrons. The van der Waals surface area contributed by atoms with Gasteiger partial charge < -0.3 is 9.64 Å². The average molecular weight is 410 g/mol. The molecule has 0 N–H and O–H groups in total. The molecule has 0 saturated carbocycles. The highest BCUT2D eigenvalue weighted by Crippen LogP contribution is 2.29. The zero-order valence-corrected chi connectivity index (χ0v) is 17.5. The molecule has 2 heterocycles. The Balaban J connectivity index is 1.29. The fourth-order valence-electron chi connectivity index (χ4n) is 4.01. The summed E-state index contributed by atoms with van der Waals surface area (Å²) < 4.78 is 20.2. The van der Waals surface area contributed by atoms with Gasteiger partial charge in [-0.2, -0.15) is 5.10 Å². The molecule has 30 heavy (non-hydrogen) atoms. The molecule has 1 aromatic heterocycles. The number of aromatic nitrogens is 2. The van der Waals surface area contributed by atoms with Crippen molar-refractivity contribution in [1.82, 2.24) is 14.7 Å². The molecule has 0 unspecified atom stereocenters. The van der Waals surface area contributed by atoms with Crippen LogP contribution in [0.1, 0.15) is 23.2 Å². The van der Waals surface area contributed by atoms with Crippen molar-refractivity contribution in [2.75, 3.05) is 44.7 Å². The van der Waals surface area contributed by atoms with Crippen molar-refractivity contribution < 1.29 is 13.9 Å². The molecule has 1 aliphatic rings. The van der Waals surface area contributed by atoms with Gasteiger partial charge in [-0.05, 0) is 49.4 Å². The summed E-state index contributed by atoms with van der Waals surface area (Å²) in [6.07, 6.45) is 1.29. The average Bonchev–Trinajstić information content (AvgIpc) is 3.10. The van der Waals surface area contributed by atoms with Crippen LogP contribution in [0.3, 0.4) is 0 Å². The van der Waals surface area contributed by atoms with E-state index in [2.05, 4.69) is 15.9 Å².